The largest absolute Gasteiger partial charge is 0.295 e. The molecule has 1 heteroatoms. The Kier molecular flexibility index (Phi) is 3.57. The third-order valence-corrected chi connectivity index (χ3v) is 2.90. The molecule has 0 N–H and O–H groups in total. The minimum Gasteiger partial charge on any atom is -0.295 e. The van der Waals surface area contributed by atoms with Crippen LogP contribution in [0.5, 0.6) is 0 Å². The van der Waals surface area contributed by atoms with E-state index in [4.69, 9.17) is 0 Å². The maximum Gasteiger partial charge on any atom is 0.156 e. The number of carbonyl (C=O) groups is 1. The maximum absolute atomic E-state index is 11.7. The zero-order valence-electron chi connectivity index (χ0n) is 11.1. The highest BCUT2D eigenvalue weighted by molar-refractivity contribution is 5.93. The Hall–Kier alpha value is -1.11. The molecule has 0 aromatic heterocycles. The molecule has 0 atom stereocenters. The number of carbonyl (C=O) groups excluding carboxylic acids is 1. The van der Waals surface area contributed by atoms with Crippen molar-refractivity contribution in [3.63, 3.8) is 0 Å². The number of rotatable bonds is 2. The minimum atomic E-state index is 0.0807. The molecule has 0 fully saturated rings. The Morgan fingerprint density at radius 1 is 1.25 bits per heavy atom. The molecule has 16 heavy (non-hydrogen) atoms. The molecule has 88 valence electrons. The molecule has 0 saturated heterocycles. The summed E-state index contributed by atoms with van der Waals surface area (Å²) in [5.74, 6) is 0.242. The van der Waals surface area contributed by atoms with Gasteiger partial charge in [0.05, 0.1) is 0 Å². The molecule has 1 nitrogen and oxygen atoms in total. The summed E-state index contributed by atoms with van der Waals surface area (Å²) >= 11 is 0. The summed E-state index contributed by atoms with van der Waals surface area (Å²) in [5.41, 5.74) is 4.72. The van der Waals surface area contributed by atoms with Gasteiger partial charge in [0.15, 0.2) is 5.78 Å². The number of allylic oxidation sites excluding steroid dienone is 5. The van der Waals surface area contributed by atoms with Crippen molar-refractivity contribution < 1.29 is 4.79 Å². The van der Waals surface area contributed by atoms with Gasteiger partial charge in [0.2, 0.25) is 0 Å². The van der Waals surface area contributed by atoms with Crippen molar-refractivity contribution >= 4 is 5.78 Å². The molecule has 0 bridgehead atoms. The smallest absolute Gasteiger partial charge is 0.156 e. The molecule has 0 aromatic carbocycles. The molecule has 0 saturated carbocycles. The van der Waals surface area contributed by atoms with Crippen molar-refractivity contribution in [2.45, 2.75) is 47.5 Å². The molecule has 1 aliphatic rings. The molecule has 0 spiro atoms. The van der Waals surface area contributed by atoms with Crippen LogP contribution in [0, 0.1) is 5.41 Å². The topological polar surface area (TPSA) is 17.1 Å². The van der Waals surface area contributed by atoms with Gasteiger partial charge in [-0.25, -0.2) is 0 Å². The van der Waals surface area contributed by atoms with Gasteiger partial charge in [0.1, 0.15) is 0 Å². The number of ketones is 1. The third-order valence-electron chi connectivity index (χ3n) is 2.90. The highest BCUT2D eigenvalue weighted by Gasteiger charge is 2.28. The van der Waals surface area contributed by atoms with Gasteiger partial charge in [-0.05, 0) is 49.8 Å². The van der Waals surface area contributed by atoms with E-state index in [1.54, 1.807) is 0 Å². The molecule has 0 radical (unpaired) electrons. The molecule has 0 unspecified atom stereocenters. The fourth-order valence-corrected chi connectivity index (χ4v) is 2.53. The quantitative estimate of drug-likeness (QED) is 0.634. The summed E-state index contributed by atoms with van der Waals surface area (Å²) in [7, 11) is 0. The van der Waals surface area contributed by atoms with Crippen LogP contribution in [-0.2, 0) is 4.79 Å². The van der Waals surface area contributed by atoms with Crippen LogP contribution >= 0.6 is 0 Å². The summed E-state index contributed by atoms with van der Waals surface area (Å²) in [5, 5.41) is 0. The zero-order valence-corrected chi connectivity index (χ0v) is 11.1. The normalized spacial score (nSPS) is 19.1. The van der Waals surface area contributed by atoms with E-state index in [1.807, 2.05) is 13.0 Å². The maximum atomic E-state index is 11.7. The predicted molar refractivity (Wildman–Crippen MR) is 69.3 cm³/mol. The monoisotopic (exact) mass is 218 g/mol. The molecule has 1 rings (SSSR count). The van der Waals surface area contributed by atoms with Gasteiger partial charge >= 0.3 is 0 Å². The van der Waals surface area contributed by atoms with Crippen molar-refractivity contribution in [1.82, 2.24) is 0 Å². The van der Waals surface area contributed by atoms with Gasteiger partial charge in [0.25, 0.3) is 0 Å². The lowest BCUT2D eigenvalue weighted by molar-refractivity contribution is -0.116. The minimum absolute atomic E-state index is 0.0807. The van der Waals surface area contributed by atoms with E-state index in [0.717, 1.165) is 17.6 Å². The highest BCUT2D eigenvalue weighted by Crippen LogP contribution is 2.38. The van der Waals surface area contributed by atoms with E-state index in [-0.39, 0.29) is 11.2 Å². The molecular weight excluding hydrogens is 196 g/mol. The number of hydrogen-bond acceptors (Lipinski definition) is 1. The fraction of sp³-hybridized carbons (Fsp3) is 0.533. The van der Waals surface area contributed by atoms with E-state index in [0.29, 0.717) is 6.42 Å². The van der Waals surface area contributed by atoms with Crippen molar-refractivity contribution in [2.75, 3.05) is 0 Å². The number of hydrogen-bond donors (Lipinski definition) is 0. The Balaban J connectivity index is 3.18. The van der Waals surface area contributed by atoms with Crippen molar-refractivity contribution in [3.8, 4) is 0 Å². The average molecular weight is 218 g/mol. The Morgan fingerprint density at radius 2 is 1.81 bits per heavy atom. The first-order valence-electron chi connectivity index (χ1n) is 5.80. The molecule has 0 heterocycles. The molecule has 1 aliphatic carbocycles. The van der Waals surface area contributed by atoms with Crippen molar-refractivity contribution in [3.05, 3.63) is 34.9 Å². The third kappa shape index (κ3) is 2.94. The van der Waals surface area contributed by atoms with E-state index in [9.17, 15) is 4.79 Å². The fourth-order valence-electron chi connectivity index (χ4n) is 2.53. The van der Waals surface area contributed by atoms with Crippen LogP contribution in [0.2, 0.25) is 0 Å². The summed E-state index contributed by atoms with van der Waals surface area (Å²) in [4.78, 5) is 11.7. The lowest BCUT2D eigenvalue weighted by Gasteiger charge is -2.30. The standard InChI is InChI=1S/C15H22O/c1-10(2)14(11(3)4)12-7-13(16)9-15(5,6)8-12/h7H,1,8-9H2,2-6H3. The second-order valence-corrected chi connectivity index (χ2v) is 5.81. The van der Waals surface area contributed by atoms with E-state index in [1.165, 1.54) is 11.1 Å². The average Bonchev–Trinajstić information content (AvgIpc) is 1.96. The van der Waals surface area contributed by atoms with Gasteiger partial charge in [-0.2, -0.15) is 0 Å². The first kappa shape index (κ1) is 13.0. The van der Waals surface area contributed by atoms with E-state index < -0.39 is 0 Å². The molecule has 0 aromatic rings. The summed E-state index contributed by atoms with van der Waals surface area (Å²) in [6.07, 6.45) is 3.43. The van der Waals surface area contributed by atoms with Crippen LogP contribution < -0.4 is 0 Å². The Bertz CT molecular complexity index is 388. The van der Waals surface area contributed by atoms with Crippen LogP contribution in [0.15, 0.2) is 34.9 Å². The van der Waals surface area contributed by atoms with Crippen LogP contribution in [-0.4, -0.2) is 5.78 Å². The lowest BCUT2D eigenvalue weighted by atomic mass is 9.73. The van der Waals surface area contributed by atoms with Crippen LogP contribution in [0.4, 0.5) is 0 Å². The lowest BCUT2D eigenvalue weighted by Crippen LogP contribution is -2.22. The molecular formula is C15H22O. The first-order chi connectivity index (χ1) is 7.23. The van der Waals surface area contributed by atoms with Gasteiger partial charge in [-0.1, -0.05) is 31.6 Å². The van der Waals surface area contributed by atoms with Crippen molar-refractivity contribution in [1.29, 1.82) is 0 Å². The van der Waals surface area contributed by atoms with Gasteiger partial charge in [-0.3, -0.25) is 4.79 Å². The van der Waals surface area contributed by atoms with Crippen LogP contribution in [0.25, 0.3) is 0 Å². The van der Waals surface area contributed by atoms with Gasteiger partial charge < -0.3 is 0 Å². The molecule has 0 amide bonds. The SMILES string of the molecule is C=C(C)C(C1=CC(=O)CC(C)(C)C1)=C(C)C. The van der Waals surface area contributed by atoms with Gasteiger partial charge in [-0.15, -0.1) is 0 Å². The van der Waals surface area contributed by atoms with E-state index >= 15 is 0 Å². The van der Waals surface area contributed by atoms with Crippen LogP contribution in [0.3, 0.4) is 0 Å². The summed E-state index contributed by atoms with van der Waals surface area (Å²) in [6, 6.07) is 0. The Morgan fingerprint density at radius 3 is 2.19 bits per heavy atom. The van der Waals surface area contributed by atoms with Crippen molar-refractivity contribution in [2.24, 2.45) is 5.41 Å². The van der Waals surface area contributed by atoms with E-state index in [2.05, 4.69) is 34.3 Å². The highest BCUT2D eigenvalue weighted by atomic mass is 16.1. The molecule has 0 aliphatic heterocycles. The summed E-state index contributed by atoms with van der Waals surface area (Å²) in [6.45, 7) is 14.5. The zero-order chi connectivity index (χ0) is 12.5. The Labute approximate surface area is 98.9 Å². The summed E-state index contributed by atoms with van der Waals surface area (Å²) < 4.78 is 0. The predicted octanol–water partition coefficient (Wildman–Crippen LogP) is 4.21. The van der Waals surface area contributed by atoms with Crippen LogP contribution in [0.1, 0.15) is 47.5 Å². The second-order valence-electron chi connectivity index (χ2n) is 5.81. The van der Waals surface area contributed by atoms with Gasteiger partial charge in [0, 0.05) is 6.42 Å². The second kappa shape index (κ2) is 4.40. The first-order valence-corrected chi connectivity index (χ1v) is 5.80.